The molecular formula is C15H16OS. The molecule has 0 bridgehead atoms. The van der Waals surface area contributed by atoms with Crippen LogP contribution in [0.15, 0.2) is 66.3 Å². The Labute approximate surface area is 108 Å². The Hall–Kier alpha value is -1.25. The van der Waals surface area contributed by atoms with Crippen molar-refractivity contribution in [2.24, 2.45) is 0 Å². The largest absolute Gasteiger partial charge is 0.384 e. The first kappa shape index (κ1) is 12.2. The van der Waals surface area contributed by atoms with Crippen molar-refractivity contribution in [3.63, 3.8) is 0 Å². The van der Waals surface area contributed by atoms with E-state index in [2.05, 4.69) is 12.6 Å². The lowest BCUT2D eigenvalue weighted by molar-refractivity contribution is 0.219. The molecule has 0 saturated heterocycles. The van der Waals surface area contributed by atoms with Gasteiger partial charge in [0.1, 0.15) is 6.10 Å². The van der Waals surface area contributed by atoms with Gasteiger partial charge in [-0.15, -0.1) is 0 Å². The summed E-state index contributed by atoms with van der Waals surface area (Å²) in [6.45, 7) is 2.01. The van der Waals surface area contributed by atoms with Crippen LogP contribution in [0, 0.1) is 0 Å². The fourth-order valence-corrected chi connectivity index (χ4v) is 1.90. The van der Waals surface area contributed by atoms with E-state index < -0.39 is 6.10 Å². The highest BCUT2D eigenvalue weighted by molar-refractivity contribution is 7.82. The zero-order valence-electron chi connectivity index (χ0n) is 9.75. The molecule has 17 heavy (non-hydrogen) atoms. The van der Waals surface area contributed by atoms with E-state index in [1.807, 2.05) is 67.6 Å². The number of allylic oxidation sites excluding steroid dienone is 2. The van der Waals surface area contributed by atoms with Crippen molar-refractivity contribution in [2.45, 2.75) is 17.8 Å². The molecule has 1 N–H and O–H groups in total. The van der Waals surface area contributed by atoms with E-state index in [4.69, 9.17) is 0 Å². The summed E-state index contributed by atoms with van der Waals surface area (Å²) in [7, 11) is 0. The smallest absolute Gasteiger partial charge is 0.104 e. The van der Waals surface area contributed by atoms with Crippen molar-refractivity contribution in [2.75, 3.05) is 0 Å². The minimum atomic E-state index is -0.584. The Kier molecular flexibility index (Phi) is 3.55. The van der Waals surface area contributed by atoms with Crippen molar-refractivity contribution in [1.29, 1.82) is 0 Å². The third-order valence-electron chi connectivity index (χ3n) is 2.77. The van der Waals surface area contributed by atoms with Gasteiger partial charge >= 0.3 is 0 Å². The van der Waals surface area contributed by atoms with Crippen molar-refractivity contribution in [3.05, 3.63) is 71.8 Å². The predicted octanol–water partition coefficient (Wildman–Crippen LogP) is 3.46. The van der Waals surface area contributed by atoms with Gasteiger partial charge in [-0.1, -0.05) is 60.7 Å². The van der Waals surface area contributed by atoms with E-state index in [9.17, 15) is 5.11 Å². The molecule has 88 valence electrons. The quantitative estimate of drug-likeness (QED) is 0.763. The van der Waals surface area contributed by atoms with Gasteiger partial charge in [0.2, 0.25) is 0 Å². The van der Waals surface area contributed by atoms with Crippen molar-refractivity contribution < 1.29 is 5.11 Å². The number of benzene rings is 1. The molecule has 0 aliphatic heterocycles. The van der Waals surface area contributed by atoms with Gasteiger partial charge in [-0.3, -0.25) is 0 Å². The fourth-order valence-electron chi connectivity index (χ4n) is 1.74. The zero-order valence-corrected chi connectivity index (χ0v) is 10.6. The fraction of sp³-hybridized carbons (Fsp3) is 0.200. The molecule has 2 heteroatoms. The average molecular weight is 244 g/mol. The molecule has 2 rings (SSSR count). The Morgan fingerprint density at radius 3 is 2.59 bits per heavy atom. The number of hydrogen-bond acceptors (Lipinski definition) is 2. The molecule has 0 fully saturated rings. The van der Waals surface area contributed by atoms with Crippen molar-refractivity contribution in [1.82, 2.24) is 0 Å². The normalized spacial score (nSPS) is 25.2. The SMILES string of the molecule is CC1(S)C=CC=C(C(O)c2ccccc2)C=C1. The standard InChI is InChI=1S/C15H16OS/c1-15(17)10-5-8-13(9-11-15)14(16)12-6-3-2-4-7-12/h2-11,14,16-17H,1H3. The Bertz CT molecular complexity index is 469. The first-order valence-electron chi connectivity index (χ1n) is 5.62. The molecule has 0 spiro atoms. The lowest BCUT2D eigenvalue weighted by atomic mass is 10.0. The summed E-state index contributed by atoms with van der Waals surface area (Å²) >= 11 is 4.49. The highest BCUT2D eigenvalue weighted by Gasteiger charge is 2.15. The maximum Gasteiger partial charge on any atom is 0.104 e. The van der Waals surface area contributed by atoms with E-state index in [-0.39, 0.29) is 4.75 Å². The number of thiol groups is 1. The van der Waals surface area contributed by atoms with Crippen LogP contribution in [-0.4, -0.2) is 9.85 Å². The highest BCUT2D eigenvalue weighted by Crippen LogP contribution is 2.27. The molecule has 1 aromatic rings. The molecule has 0 amide bonds. The lowest BCUT2D eigenvalue weighted by Crippen LogP contribution is -2.07. The number of hydrogen-bond donors (Lipinski definition) is 2. The summed E-state index contributed by atoms with van der Waals surface area (Å²) in [5, 5.41) is 10.3. The van der Waals surface area contributed by atoms with E-state index in [1.165, 1.54) is 0 Å². The number of aliphatic hydroxyl groups is 1. The first-order valence-corrected chi connectivity index (χ1v) is 6.07. The topological polar surface area (TPSA) is 20.2 Å². The Morgan fingerprint density at radius 2 is 1.88 bits per heavy atom. The number of rotatable bonds is 2. The van der Waals surface area contributed by atoms with E-state index in [0.717, 1.165) is 11.1 Å². The van der Waals surface area contributed by atoms with Gasteiger partial charge in [0.25, 0.3) is 0 Å². The third kappa shape index (κ3) is 3.11. The zero-order chi connectivity index (χ0) is 12.3. The number of aliphatic hydroxyl groups excluding tert-OH is 1. The third-order valence-corrected chi connectivity index (χ3v) is 3.06. The van der Waals surface area contributed by atoms with Crippen LogP contribution in [0.3, 0.4) is 0 Å². The van der Waals surface area contributed by atoms with Crippen molar-refractivity contribution in [3.8, 4) is 0 Å². The minimum Gasteiger partial charge on any atom is -0.384 e. The molecule has 1 nitrogen and oxygen atoms in total. The monoisotopic (exact) mass is 244 g/mol. The van der Waals surface area contributed by atoms with Gasteiger partial charge in [-0.2, -0.15) is 12.6 Å². The maximum absolute atomic E-state index is 10.3. The minimum absolute atomic E-state index is 0.255. The second-order valence-corrected chi connectivity index (χ2v) is 5.36. The van der Waals surface area contributed by atoms with Gasteiger partial charge < -0.3 is 5.11 Å². The van der Waals surface area contributed by atoms with Crippen LogP contribution in [0.2, 0.25) is 0 Å². The van der Waals surface area contributed by atoms with Gasteiger partial charge in [0.05, 0.1) is 0 Å². The summed E-state index contributed by atoms with van der Waals surface area (Å²) in [6.07, 6.45) is 9.20. The average Bonchev–Trinajstić information content (AvgIpc) is 2.50. The van der Waals surface area contributed by atoms with Crippen LogP contribution in [-0.2, 0) is 0 Å². The summed E-state index contributed by atoms with van der Waals surface area (Å²) in [4.78, 5) is 0. The first-order chi connectivity index (χ1) is 8.08. The van der Waals surface area contributed by atoms with E-state index >= 15 is 0 Å². The van der Waals surface area contributed by atoms with Crippen LogP contribution in [0.25, 0.3) is 0 Å². The summed E-state index contributed by atoms with van der Waals surface area (Å²) in [5.74, 6) is 0. The molecule has 0 heterocycles. The molecule has 2 unspecified atom stereocenters. The summed E-state index contributed by atoms with van der Waals surface area (Å²) in [5.41, 5.74) is 1.78. The van der Waals surface area contributed by atoms with Crippen LogP contribution in [0.1, 0.15) is 18.6 Å². The van der Waals surface area contributed by atoms with E-state index in [0.29, 0.717) is 0 Å². The van der Waals surface area contributed by atoms with Crippen molar-refractivity contribution >= 4 is 12.6 Å². The summed E-state index contributed by atoms with van der Waals surface area (Å²) in [6, 6.07) is 9.65. The molecule has 1 aliphatic carbocycles. The van der Waals surface area contributed by atoms with Crippen LogP contribution >= 0.6 is 12.6 Å². The van der Waals surface area contributed by atoms with E-state index in [1.54, 1.807) is 0 Å². The van der Waals surface area contributed by atoms with Gasteiger partial charge in [0.15, 0.2) is 0 Å². The molecule has 1 aliphatic rings. The molecule has 0 saturated carbocycles. The maximum atomic E-state index is 10.3. The Morgan fingerprint density at radius 1 is 1.18 bits per heavy atom. The predicted molar refractivity (Wildman–Crippen MR) is 75.2 cm³/mol. The molecular weight excluding hydrogens is 228 g/mol. The molecule has 0 radical (unpaired) electrons. The van der Waals surface area contributed by atoms with Crippen LogP contribution < -0.4 is 0 Å². The van der Waals surface area contributed by atoms with Crippen LogP contribution in [0.4, 0.5) is 0 Å². The molecule has 1 aromatic carbocycles. The van der Waals surface area contributed by atoms with Crippen LogP contribution in [0.5, 0.6) is 0 Å². The lowest BCUT2D eigenvalue weighted by Gasteiger charge is -2.13. The highest BCUT2D eigenvalue weighted by atomic mass is 32.1. The Balaban J connectivity index is 2.25. The van der Waals surface area contributed by atoms with Gasteiger partial charge in [0, 0.05) is 4.75 Å². The second-order valence-electron chi connectivity index (χ2n) is 4.40. The molecule has 0 aromatic heterocycles. The summed E-state index contributed by atoms with van der Waals surface area (Å²) < 4.78 is -0.255. The van der Waals surface area contributed by atoms with Gasteiger partial charge in [-0.05, 0) is 18.1 Å². The second kappa shape index (κ2) is 4.94. The molecule has 2 atom stereocenters. The van der Waals surface area contributed by atoms with Gasteiger partial charge in [-0.25, -0.2) is 0 Å².